The second-order valence-corrected chi connectivity index (χ2v) is 9.92. The fraction of sp³-hybridized carbons (Fsp3) is 0.476. The molecule has 1 aromatic heterocycles. The van der Waals surface area contributed by atoms with Gasteiger partial charge < -0.3 is 9.64 Å². The van der Waals surface area contributed by atoms with Crippen LogP contribution in [0.4, 0.5) is 0 Å². The van der Waals surface area contributed by atoms with Gasteiger partial charge in [-0.2, -0.15) is 0 Å². The van der Waals surface area contributed by atoms with Gasteiger partial charge in [-0.1, -0.05) is 12.1 Å². The molecule has 0 bridgehead atoms. The molecule has 0 aliphatic carbocycles. The topological polar surface area (TPSA) is 92.7 Å². The van der Waals surface area contributed by atoms with Gasteiger partial charge in [0.15, 0.2) is 0 Å². The van der Waals surface area contributed by atoms with Crippen molar-refractivity contribution in [1.29, 1.82) is 0 Å². The van der Waals surface area contributed by atoms with Gasteiger partial charge in [-0.25, -0.2) is 22.7 Å². The molecule has 30 heavy (non-hydrogen) atoms. The number of nitrogens with zero attached hydrogens (tertiary/aromatic N) is 4. The van der Waals surface area contributed by atoms with Crippen molar-refractivity contribution in [2.24, 2.45) is 5.92 Å². The van der Waals surface area contributed by atoms with Crippen molar-refractivity contribution >= 4 is 15.9 Å². The van der Waals surface area contributed by atoms with Crippen LogP contribution in [0.5, 0.6) is 5.75 Å². The van der Waals surface area contributed by atoms with Crippen molar-refractivity contribution in [2.45, 2.75) is 24.5 Å². The number of hydrogen-bond acceptors (Lipinski definition) is 6. The summed E-state index contributed by atoms with van der Waals surface area (Å²) in [5.41, 5.74) is 1.40. The van der Waals surface area contributed by atoms with Crippen LogP contribution < -0.4 is 4.74 Å². The summed E-state index contributed by atoms with van der Waals surface area (Å²) in [6.07, 6.45) is 4.67. The second kappa shape index (κ2) is 8.69. The first-order valence-corrected chi connectivity index (χ1v) is 11.7. The number of carbonyl (C=O) groups excluding carboxylic acids is 1. The maximum atomic E-state index is 13.1. The zero-order valence-corrected chi connectivity index (χ0v) is 17.8. The van der Waals surface area contributed by atoms with E-state index in [1.54, 1.807) is 22.4 Å². The quantitative estimate of drug-likeness (QED) is 0.715. The summed E-state index contributed by atoms with van der Waals surface area (Å²) in [6, 6.07) is 9.31. The van der Waals surface area contributed by atoms with Gasteiger partial charge in [0, 0.05) is 32.4 Å². The standard InChI is InChI=1S/C21H26N4O4S/c1-29-18-4-2-3-16(13-18)6-12-25-14-17-7-10-24(11-8-20(17)30(25,27)28)21(26)19-5-9-22-15-23-19/h2-5,9,13,15,17,20H,6-8,10-12,14H2,1H3/t17-,20-/m1/s1. The van der Waals surface area contributed by atoms with Crippen molar-refractivity contribution in [3.05, 3.63) is 54.1 Å². The summed E-state index contributed by atoms with van der Waals surface area (Å²) in [5, 5.41) is -0.425. The monoisotopic (exact) mass is 430 g/mol. The molecule has 9 heteroatoms. The van der Waals surface area contributed by atoms with Crippen molar-refractivity contribution in [1.82, 2.24) is 19.2 Å². The lowest BCUT2D eigenvalue weighted by atomic mass is 10.0. The number of methoxy groups -OCH3 is 1. The SMILES string of the molecule is COc1cccc(CCN2C[C@H]3CCN(C(=O)c4ccncn4)CC[C@H]3S2(=O)=O)c1. The van der Waals surface area contributed by atoms with Crippen molar-refractivity contribution < 1.29 is 17.9 Å². The molecule has 1 aromatic carbocycles. The molecule has 2 aromatic rings. The minimum absolute atomic E-state index is 0.0449. The molecule has 0 spiro atoms. The fourth-order valence-electron chi connectivity index (χ4n) is 4.38. The van der Waals surface area contributed by atoms with Crippen molar-refractivity contribution in [2.75, 3.05) is 33.3 Å². The van der Waals surface area contributed by atoms with E-state index in [9.17, 15) is 13.2 Å². The van der Waals surface area contributed by atoms with Gasteiger partial charge in [-0.05, 0) is 48.9 Å². The Balaban J connectivity index is 1.40. The summed E-state index contributed by atoms with van der Waals surface area (Å²) >= 11 is 0. The predicted molar refractivity (Wildman–Crippen MR) is 112 cm³/mol. The smallest absolute Gasteiger partial charge is 0.272 e. The molecule has 3 heterocycles. The normalized spacial score (nSPS) is 23.6. The Morgan fingerprint density at radius 3 is 2.83 bits per heavy atom. The van der Waals surface area contributed by atoms with Gasteiger partial charge in [0.05, 0.1) is 12.4 Å². The highest BCUT2D eigenvalue weighted by Gasteiger charge is 2.47. The molecule has 160 valence electrons. The first kappa shape index (κ1) is 20.7. The molecular formula is C21H26N4O4S. The molecule has 1 amide bonds. The fourth-order valence-corrected chi connectivity index (χ4v) is 6.62. The Kier molecular flexibility index (Phi) is 6.01. The molecule has 0 radical (unpaired) electrons. The van der Waals surface area contributed by atoms with Crippen LogP contribution in [0.2, 0.25) is 0 Å². The van der Waals surface area contributed by atoms with Gasteiger partial charge in [0.2, 0.25) is 10.0 Å². The minimum atomic E-state index is -3.37. The molecular weight excluding hydrogens is 404 g/mol. The first-order valence-electron chi connectivity index (χ1n) is 10.2. The number of likely N-dealkylation sites (tertiary alicyclic amines) is 1. The molecule has 4 rings (SSSR count). The third-order valence-electron chi connectivity index (χ3n) is 6.03. The Labute approximate surface area is 176 Å². The number of sulfonamides is 1. The molecule has 0 N–H and O–H groups in total. The van der Waals surface area contributed by atoms with Crippen LogP contribution in [0.15, 0.2) is 42.9 Å². The van der Waals surface area contributed by atoms with Crippen LogP contribution in [0.1, 0.15) is 28.9 Å². The van der Waals surface area contributed by atoms with E-state index in [4.69, 9.17) is 4.74 Å². The molecule has 8 nitrogen and oxygen atoms in total. The van der Waals surface area contributed by atoms with Crippen LogP contribution >= 0.6 is 0 Å². The molecule has 2 saturated heterocycles. The summed E-state index contributed by atoms with van der Waals surface area (Å²) in [5.74, 6) is 0.656. The highest BCUT2D eigenvalue weighted by atomic mass is 32.2. The van der Waals surface area contributed by atoms with E-state index in [0.717, 1.165) is 11.3 Å². The summed E-state index contributed by atoms with van der Waals surface area (Å²) in [6.45, 7) is 1.95. The van der Waals surface area contributed by atoms with Gasteiger partial charge in [-0.15, -0.1) is 0 Å². The molecule has 2 aliphatic heterocycles. The zero-order chi connectivity index (χ0) is 21.1. The second-order valence-electron chi connectivity index (χ2n) is 7.77. The lowest BCUT2D eigenvalue weighted by molar-refractivity contribution is 0.0753. The van der Waals surface area contributed by atoms with Gasteiger partial charge in [0.25, 0.3) is 5.91 Å². The number of fused-ring (bicyclic) bond motifs is 1. The van der Waals surface area contributed by atoms with Crippen LogP contribution in [0.3, 0.4) is 0 Å². The number of benzene rings is 1. The number of ether oxygens (including phenoxy) is 1. The zero-order valence-electron chi connectivity index (χ0n) is 17.0. The Bertz CT molecular complexity index is 999. The third kappa shape index (κ3) is 4.17. The largest absolute Gasteiger partial charge is 0.497 e. The average Bonchev–Trinajstić information content (AvgIpc) is 2.90. The maximum Gasteiger partial charge on any atom is 0.272 e. The third-order valence-corrected chi connectivity index (χ3v) is 8.47. The van der Waals surface area contributed by atoms with E-state index in [1.165, 1.54) is 12.5 Å². The molecule has 2 aliphatic rings. The van der Waals surface area contributed by atoms with Crippen LogP contribution in [0, 0.1) is 5.92 Å². The van der Waals surface area contributed by atoms with Gasteiger partial charge in [-0.3, -0.25) is 4.79 Å². The minimum Gasteiger partial charge on any atom is -0.497 e. The molecule has 2 fully saturated rings. The van der Waals surface area contributed by atoms with Gasteiger partial charge >= 0.3 is 0 Å². The summed E-state index contributed by atoms with van der Waals surface area (Å²) in [7, 11) is -1.75. The summed E-state index contributed by atoms with van der Waals surface area (Å²) < 4.78 is 33.2. The van der Waals surface area contributed by atoms with E-state index < -0.39 is 15.3 Å². The number of hydrogen-bond donors (Lipinski definition) is 0. The van der Waals surface area contributed by atoms with Crippen molar-refractivity contribution in [3.63, 3.8) is 0 Å². The van der Waals surface area contributed by atoms with Crippen LogP contribution in [-0.2, 0) is 16.4 Å². The summed E-state index contributed by atoms with van der Waals surface area (Å²) in [4.78, 5) is 22.3. The van der Waals surface area contributed by atoms with E-state index in [-0.39, 0.29) is 11.8 Å². The van der Waals surface area contributed by atoms with E-state index >= 15 is 0 Å². The average molecular weight is 431 g/mol. The van der Waals surface area contributed by atoms with Crippen LogP contribution in [0.25, 0.3) is 0 Å². The molecule has 2 atom stereocenters. The predicted octanol–water partition coefficient (Wildman–Crippen LogP) is 1.59. The highest BCUT2D eigenvalue weighted by Crippen LogP contribution is 2.34. The number of carbonyl (C=O) groups is 1. The van der Waals surface area contributed by atoms with Crippen LogP contribution in [-0.4, -0.2) is 72.0 Å². The lowest BCUT2D eigenvalue weighted by Crippen LogP contribution is -2.35. The maximum absolute atomic E-state index is 13.1. The lowest BCUT2D eigenvalue weighted by Gasteiger charge is -2.22. The Hall–Kier alpha value is -2.52. The molecule has 0 saturated carbocycles. The molecule has 0 unspecified atom stereocenters. The number of amides is 1. The Morgan fingerprint density at radius 2 is 2.07 bits per heavy atom. The number of aromatic nitrogens is 2. The Morgan fingerprint density at radius 1 is 1.23 bits per heavy atom. The van der Waals surface area contributed by atoms with Gasteiger partial charge in [0.1, 0.15) is 17.8 Å². The van der Waals surface area contributed by atoms with E-state index in [2.05, 4.69) is 9.97 Å². The van der Waals surface area contributed by atoms with E-state index in [1.807, 2.05) is 24.3 Å². The highest BCUT2D eigenvalue weighted by molar-refractivity contribution is 7.90. The first-order chi connectivity index (χ1) is 14.5. The van der Waals surface area contributed by atoms with E-state index in [0.29, 0.717) is 51.1 Å². The number of rotatable bonds is 5. The van der Waals surface area contributed by atoms with Crippen molar-refractivity contribution in [3.8, 4) is 5.75 Å².